The van der Waals surface area contributed by atoms with Crippen LogP contribution in [-0.4, -0.2) is 67.0 Å². The molecule has 2 saturated heterocycles. The van der Waals surface area contributed by atoms with Gasteiger partial charge >= 0.3 is 6.09 Å². The van der Waals surface area contributed by atoms with Gasteiger partial charge in [-0.2, -0.15) is 0 Å². The number of ether oxygens (including phenoxy) is 1. The van der Waals surface area contributed by atoms with Gasteiger partial charge in [-0.05, 0) is 75.9 Å². The fourth-order valence-electron chi connectivity index (χ4n) is 5.62. The lowest BCUT2D eigenvalue weighted by molar-refractivity contribution is 0.0362. The molecule has 2 aliphatic heterocycles. The van der Waals surface area contributed by atoms with Gasteiger partial charge in [-0.25, -0.2) is 9.18 Å². The number of carbonyl (C=O) groups is 1. The molecule has 1 aromatic heterocycles. The monoisotopic (exact) mass is 494 g/mol. The number of piperidine rings is 2. The molecule has 2 unspecified atom stereocenters. The van der Waals surface area contributed by atoms with Crippen LogP contribution in [-0.2, 0) is 4.74 Å². The zero-order valence-corrected chi connectivity index (χ0v) is 21.6. The van der Waals surface area contributed by atoms with Gasteiger partial charge in [0.25, 0.3) is 0 Å². The van der Waals surface area contributed by atoms with E-state index in [0.717, 1.165) is 43.6 Å². The minimum absolute atomic E-state index is 0.289. The molecule has 2 atom stereocenters. The second kappa shape index (κ2) is 10.9. The third-order valence-electron chi connectivity index (χ3n) is 8.02. The van der Waals surface area contributed by atoms with Gasteiger partial charge in [0.2, 0.25) is 0 Å². The van der Waals surface area contributed by atoms with Crippen LogP contribution < -0.4 is 10.6 Å². The number of carbonyl (C=O) groups excluding carboxylic acids is 1. The minimum Gasteiger partial charge on any atom is -0.449 e. The number of aryl methyl sites for hydroxylation is 2. The number of amides is 1. The van der Waals surface area contributed by atoms with Crippen molar-refractivity contribution in [2.75, 3.05) is 39.3 Å². The van der Waals surface area contributed by atoms with Gasteiger partial charge < -0.3 is 20.3 Å². The summed E-state index contributed by atoms with van der Waals surface area (Å²) in [6, 6.07) is 11.0. The van der Waals surface area contributed by atoms with Crippen molar-refractivity contribution in [3.05, 3.63) is 53.2 Å². The molecule has 5 rings (SSSR count). The number of hydrogen-bond acceptors (Lipinski definition) is 5. The summed E-state index contributed by atoms with van der Waals surface area (Å²) in [5, 5.41) is 6.77. The van der Waals surface area contributed by atoms with Crippen LogP contribution in [0, 0.1) is 19.8 Å². The predicted octanol–water partition coefficient (Wildman–Crippen LogP) is 4.75. The number of aromatic nitrogens is 1. The van der Waals surface area contributed by atoms with Crippen molar-refractivity contribution < 1.29 is 13.9 Å². The average Bonchev–Trinajstić information content (AvgIpc) is 3.67. The quantitative estimate of drug-likeness (QED) is 0.582. The highest BCUT2D eigenvalue weighted by Gasteiger charge is 2.42. The molecule has 2 N–H and O–H groups in total. The van der Waals surface area contributed by atoms with Gasteiger partial charge in [-0.15, -0.1) is 0 Å². The summed E-state index contributed by atoms with van der Waals surface area (Å²) < 4.78 is 21.0. The molecule has 0 bridgehead atoms. The topological polar surface area (TPSA) is 66.5 Å². The van der Waals surface area contributed by atoms with E-state index in [-0.39, 0.29) is 6.09 Å². The van der Waals surface area contributed by atoms with Gasteiger partial charge in [-0.1, -0.05) is 23.3 Å². The highest BCUT2D eigenvalue weighted by molar-refractivity contribution is 5.67. The number of nitrogens with zero attached hydrogens (tertiary/aromatic N) is 2. The third-order valence-corrected chi connectivity index (χ3v) is 8.02. The van der Waals surface area contributed by atoms with E-state index in [4.69, 9.17) is 9.72 Å². The maximum atomic E-state index is 15.4. The molecular weight excluding hydrogens is 455 g/mol. The number of pyridine rings is 1. The Labute approximate surface area is 214 Å². The van der Waals surface area contributed by atoms with Crippen molar-refractivity contribution in [2.24, 2.45) is 5.92 Å². The Morgan fingerprint density at radius 2 is 1.89 bits per heavy atom. The normalized spacial score (nSPS) is 23.9. The van der Waals surface area contributed by atoms with E-state index in [1.54, 1.807) is 4.90 Å². The van der Waals surface area contributed by atoms with Crippen LogP contribution in [0.5, 0.6) is 0 Å². The van der Waals surface area contributed by atoms with Gasteiger partial charge in [0, 0.05) is 56.2 Å². The first kappa shape index (κ1) is 25.2. The Bertz CT molecular complexity index is 1030. The first-order valence-corrected chi connectivity index (χ1v) is 13.5. The van der Waals surface area contributed by atoms with Gasteiger partial charge in [0.15, 0.2) is 0 Å². The summed E-state index contributed by atoms with van der Waals surface area (Å²) in [5.41, 5.74) is 4.54. The summed E-state index contributed by atoms with van der Waals surface area (Å²) in [6.07, 6.45) is 5.48. The number of alkyl halides is 1. The summed E-state index contributed by atoms with van der Waals surface area (Å²) in [6.45, 7) is 7.83. The standard InChI is InChI=1S/C29H39FN4O2/c1-20-13-21(2)15-24(14-20)26-4-3-23(17-32-26)25-16-27(25)33-19-29(30)7-11-34(12-8-29)28(35)36-18-22-5-9-31-10-6-22/h3-4,13-15,17,22,25,27,31,33H,5-12,16,18-19H2,1-2H3. The zero-order chi connectivity index (χ0) is 25.1. The highest BCUT2D eigenvalue weighted by atomic mass is 19.1. The van der Waals surface area contributed by atoms with Crippen LogP contribution in [0.3, 0.4) is 0 Å². The van der Waals surface area contributed by atoms with E-state index in [0.29, 0.717) is 57.0 Å². The fraction of sp³-hybridized carbons (Fsp3) is 0.586. The fourth-order valence-corrected chi connectivity index (χ4v) is 5.62. The van der Waals surface area contributed by atoms with Crippen LogP contribution in [0.25, 0.3) is 11.3 Å². The van der Waals surface area contributed by atoms with E-state index in [9.17, 15) is 4.79 Å². The predicted molar refractivity (Wildman–Crippen MR) is 140 cm³/mol. The minimum atomic E-state index is -1.27. The molecule has 3 fully saturated rings. The van der Waals surface area contributed by atoms with Crippen molar-refractivity contribution in [3.8, 4) is 11.3 Å². The molecule has 2 aromatic rings. The molecule has 36 heavy (non-hydrogen) atoms. The number of hydrogen-bond donors (Lipinski definition) is 2. The molecular formula is C29H39FN4O2. The maximum absolute atomic E-state index is 15.4. The summed E-state index contributed by atoms with van der Waals surface area (Å²) >= 11 is 0. The van der Waals surface area contributed by atoms with Crippen molar-refractivity contribution in [3.63, 3.8) is 0 Å². The first-order valence-electron chi connectivity index (χ1n) is 13.5. The third kappa shape index (κ3) is 6.24. The molecule has 7 heteroatoms. The molecule has 1 saturated carbocycles. The largest absolute Gasteiger partial charge is 0.449 e. The Morgan fingerprint density at radius 1 is 1.17 bits per heavy atom. The van der Waals surface area contributed by atoms with Gasteiger partial charge in [-0.3, -0.25) is 4.98 Å². The maximum Gasteiger partial charge on any atom is 0.409 e. The van der Waals surface area contributed by atoms with Gasteiger partial charge in [0.05, 0.1) is 12.3 Å². The second-order valence-electron chi connectivity index (χ2n) is 11.1. The van der Waals surface area contributed by atoms with E-state index in [2.05, 4.69) is 54.8 Å². The Balaban J connectivity index is 1.05. The first-order chi connectivity index (χ1) is 17.4. The molecule has 3 aliphatic rings. The number of likely N-dealkylation sites (tertiary alicyclic amines) is 1. The summed E-state index contributed by atoms with van der Waals surface area (Å²) in [4.78, 5) is 18.8. The molecule has 194 valence electrons. The molecule has 3 heterocycles. The van der Waals surface area contributed by atoms with Gasteiger partial charge in [0.1, 0.15) is 5.67 Å². The average molecular weight is 495 g/mol. The smallest absolute Gasteiger partial charge is 0.409 e. The summed E-state index contributed by atoms with van der Waals surface area (Å²) in [7, 11) is 0. The Morgan fingerprint density at radius 3 is 2.56 bits per heavy atom. The molecule has 1 amide bonds. The highest BCUT2D eigenvalue weighted by Crippen LogP contribution is 2.41. The number of rotatable bonds is 7. The van der Waals surface area contributed by atoms with E-state index < -0.39 is 5.67 Å². The van der Waals surface area contributed by atoms with E-state index in [1.165, 1.54) is 16.7 Å². The Hall–Kier alpha value is -2.51. The number of halogens is 1. The zero-order valence-electron chi connectivity index (χ0n) is 21.6. The van der Waals surface area contributed by atoms with Crippen LogP contribution in [0.4, 0.5) is 9.18 Å². The Kier molecular flexibility index (Phi) is 7.58. The lowest BCUT2D eigenvalue weighted by Gasteiger charge is -2.36. The lowest BCUT2D eigenvalue weighted by atomic mass is 9.93. The van der Waals surface area contributed by atoms with Crippen LogP contribution >= 0.6 is 0 Å². The molecule has 0 spiro atoms. The SMILES string of the molecule is Cc1cc(C)cc(-c2ccc(C3CC3NCC3(F)CCN(C(=O)OCC4CCNCC4)CC3)cn2)c1. The number of nitrogens with one attached hydrogen (secondary N) is 2. The van der Waals surface area contributed by atoms with Crippen LogP contribution in [0.1, 0.15) is 54.7 Å². The molecule has 6 nitrogen and oxygen atoms in total. The number of benzene rings is 1. The van der Waals surface area contributed by atoms with Crippen LogP contribution in [0.2, 0.25) is 0 Å². The molecule has 0 radical (unpaired) electrons. The van der Waals surface area contributed by atoms with E-state index >= 15 is 4.39 Å². The molecule has 1 aliphatic carbocycles. The van der Waals surface area contributed by atoms with Crippen molar-refractivity contribution in [1.29, 1.82) is 0 Å². The van der Waals surface area contributed by atoms with Crippen molar-refractivity contribution in [1.82, 2.24) is 20.5 Å². The van der Waals surface area contributed by atoms with Crippen molar-refractivity contribution >= 4 is 6.09 Å². The lowest BCUT2D eigenvalue weighted by Crippen LogP contribution is -2.49. The van der Waals surface area contributed by atoms with Crippen LogP contribution in [0.15, 0.2) is 36.5 Å². The molecule has 1 aromatic carbocycles. The summed E-state index contributed by atoms with van der Waals surface area (Å²) in [5.74, 6) is 0.827. The second-order valence-corrected chi connectivity index (χ2v) is 11.1. The van der Waals surface area contributed by atoms with E-state index in [1.807, 2.05) is 6.20 Å². The van der Waals surface area contributed by atoms with Crippen molar-refractivity contribution in [2.45, 2.75) is 63.6 Å².